The third-order valence-corrected chi connectivity index (χ3v) is 4.39. The van der Waals surface area contributed by atoms with Crippen LogP contribution in [0.4, 0.5) is 0 Å². The van der Waals surface area contributed by atoms with E-state index in [-0.39, 0.29) is 29.7 Å². The van der Waals surface area contributed by atoms with E-state index < -0.39 is 0 Å². The van der Waals surface area contributed by atoms with Crippen LogP contribution in [0.15, 0.2) is 11.6 Å². The molecule has 18 heavy (non-hydrogen) atoms. The molecule has 0 amide bonds. The number of rotatable bonds is 0. The first-order valence-corrected chi connectivity index (χ1v) is 6.89. The highest BCUT2D eigenvalue weighted by Gasteiger charge is 2.41. The first-order valence-electron chi connectivity index (χ1n) is 6.89. The number of ether oxygens (including phenoxy) is 1. The summed E-state index contributed by atoms with van der Waals surface area (Å²) in [5, 5.41) is 0. The van der Waals surface area contributed by atoms with Crippen molar-refractivity contribution in [1.29, 1.82) is 0 Å². The molecular weight excluding hydrogens is 228 g/mol. The van der Waals surface area contributed by atoms with E-state index in [4.69, 9.17) is 4.74 Å². The maximum Gasteiger partial charge on any atom is 0.309 e. The summed E-state index contributed by atoms with van der Waals surface area (Å²) in [7, 11) is 0. The standard InChI is InChI=1S/C15H22O3/c1-9-4-7-13(16)10(2)5-6-12-11(3)15(17)18-14(12)8-9/h5,9,11-12,14H,4,6-8H2,1-3H3/b10-5-/t9?,11-,12-,14-/m0/s1. The van der Waals surface area contributed by atoms with Crippen molar-refractivity contribution >= 4 is 11.8 Å². The van der Waals surface area contributed by atoms with Crippen LogP contribution in [0.2, 0.25) is 0 Å². The SMILES string of the molecule is C/C1=C/C[C@@H]2[C@H](CC(C)CCC1=O)OC(=O)[C@H]2C. The average Bonchev–Trinajstić information content (AvgIpc) is 2.58. The van der Waals surface area contributed by atoms with Gasteiger partial charge in [0.2, 0.25) is 0 Å². The van der Waals surface area contributed by atoms with Crippen molar-refractivity contribution in [2.75, 3.05) is 0 Å². The molecule has 0 spiro atoms. The lowest BCUT2D eigenvalue weighted by molar-refractivity contribution is -0.144. The molecule has 0 aromatic rings. The van der Waals surface area contributed by atoms with Gasteiger partial charge in [0.1, 0.15) is 6.10 Å². The smallest absolute Gasteiger partial charge is 0.309 e. The Balaban J connectivity index is 2.21. The number of hydrogen-bond donors (Lipinski definition) is 0. The number of allylic oxidation sites excluding steroid dienone is 2. The van der Waals surface area contributed by atoms with Gasteiger partial charge in [-0.1, -0.05) is 19.9 Å². The quantitative estimate of drug-likeness (QED) is 0.621. The number of hydrogen-bond acceptors (Lipinski definition) is 3. The Morgan fingerprint density at radius 1 is 1.28 bits per heavy atom. The van der Waals surface area contributed by atoms with Gasteiger partial charge in [-0.3, -0.25) is 9.59 Å². The van der Waals surface area contributed by atoms with E-state index in [0.717, 1.165) is 24.8 Å². The molecule has 1 fully saturated rings. The largest absolute Gasteiger partial charge is 0.462 e. The second-order valence-electron chi connectivity index (χ2n) is 5.85. The molecular formula is C15H22O3. The summed E-state index contributed by atoms with van der Waals surface area (Å²) in [6.45, 7) is 5.96. The summed E-state index contributed by atoms with van der Waals surface area (Å²) in [6.07, 6.45) is 5.21. The van der Waals surface area contributed by atoms with E-state index in [1.54, 1.807) is 0 Å². The molecule has 2 aliphatic rings. The minimum absolute atomic E-state index is 0.0409. The molecule has 0 bridgehead atoms. The molecule has 0 aromatic heterocycles. The van der Waals surface area contributed by atoms with Crippen molar-refractivity contribution in [3.05, 3.63) is 11.6 Å². The molecule has 3 nitrogen and oxygen atoms in total. The van der Waals surface area contributed by atoms with Gasteiger partial charge < -0.3 is 4.74 Å². The molecule has 1 heterocycles. The van der Waals surface area contributed by atoms with Crippen LogP contribution in [0.5, 0.6) is 0 Å². The fraction of sp³-hybridized carbons (Fsp3) is 0.733. The molecule has 0 saturated carbocycles. The molecule has 2 rings (SSSR count). The van der Waals surface area contributed by atoms with E-state index >= 15 is 0 Å². The normalized spacial score (nSPS) is 40.7. The van der Waals surface area contributed by atoms with Crippen molar-refractivity contribution in [1.82, 2.24) is 0 Å². The zero-order valence-electron chi connectivity index (χ0n) is 11.4. The highest BCUT2D eigenvalue weighted by atomic mass is 16.6. The minimum atomic E-state index is -0.0752. The zero-order valence-corrected chi connectivity index (χ0v) is 11.4. The molecule has 0 N–H and O–H groups in total. The highest BCUT2D eigenvalue weighted by Crippen LogP contribution is 2.36. The Morgan fingerprint density at radius 3 is 2.72 bits per heavy atom. The summed E-state index contributed by atoms with van der Waals surface area (Å²) >= 11 is 0. The van der Waals surface area contributed by atoms with Crippen LogP contribution in [-0.4, -0.2) is 17.9 Å². The molecule has 0 radical (unpaired) electrons. The molecule has 1 aliphatic heterocycles. The fourth-order valence-electron chi connectivity index (χ4n) is 2.94. The second-order valence-corrected chi connectivity index (χ2v) is 5.85. The number of ketones is 1. The lowest BCUT2D eigenvalue weighted by Crippen LogP contribution is -2.23. The van der Waals surface area contributed by atoms with Crippen molar-refractivity contribution in [2.24, 2.45) is 17.8 Å². The number of esters is 1. The third-order valence-electron chi connectivity index (χ3n) is 4.39. The van der Waals surface area contributed by atoms with Gasteiger partial charge in [0.25, 0.3) is 0 Å². The van der Waals surface area contributed by atoms with Crippen molar-refractivity contribution in [2.45, 2.75) is 52.6 Å². The van der Waals surface area contributed by atoms with Crippen LogP contribution >= 0.6 is 0 Å². The Kier molecular flexibility index (Phi) is 3.88. The molecule has 1 aliphatic carbocycles. The van der Waals surface area contributed by atoms with Crippen LogP contribution in [-0.2, 0) is 14.3 Å². The number of carbonyl (C=O) groups excluding carboxylic acids is 2. The van der Waals surface area contributed by atoms with E-state index in [0.29, 0.717) is 12.3 Å². The maximum atomic E-state index is 11.8. The Labute approximate surface area is 109 Å². The second kappa shape index (κ2) is 5.25. The van der Waals surface area contributed by atoms with Crippen LogP contribution in [0.3, 0.4) is 0 Å². The zero-order chi connectivity index (χ0) is 13.3. The molecule has 1 unspecified atom stereocenters. The van der Waals surface area contributed by atoms with Crippen LogP contribution in [0.1, 0.15) is 46.5 Å². The van der Waals surface area contributed by atoms with E-state index in [1.165, 1.54) is 0 Å². The average molecular weight is 250 g/mol. The van der Waals surface area contributed by atoms with Gasteiger partial charge in [-0.2, -0.15) is 0 Å². The van der Waals surface area contributed by atoms with Gasteiger partial charge in [0, 0.05) is 12.3 Å². The van der Waals surface area contributed by atoms with Gasteiger partial charge in [-0.25, -0.2) is 0 Å². The number of fused-ring (bicyclic) bond motifs is 1. The fourth-order valence-corrected chi connectivity index (χ4v) is 2.94. The maximum absolute atomic E-state index is 11.8. The molecule has 4 atom stereocenters. The van der Waals surface area contributed by atoms with Gasteiger partial charge in [0.15, 0.2) is 5.78 Å². The predicted molar refractivity (Wildman–Crippen MR) is 68.9 cm³/mol. The monoisotopic (exact) mass is 250 g/mol. The lowest BCUT2D eigenvalue weighted by Gasteiger charge is -2.23. The summed E-state index contributed by atoms with van der Waals surface area (Å²) < 4.78 is 5.49. The first-order chi connectivity index (χ1) is 8.49. The van der Waals surface area contributed by atoms with Crippen molar-refractivity contribution in [3.63, 3.8) is 0 Å². The van der Waals surface area contributed by atoms with Crippen LogP contribution in [0.25, 0.3) is 0 Å². The molecule has 3 heteroatoms. The van der Waals surface area contributed by atoms with Gasteiger partial charge in [-0.15, -0.1) is 0 Å². The Bertz CT molecular complexity index is 383. The van der Waals surface area contributed by atoms with Gasteiger partial charge in [0.05, 0.1) is 5.92 Å². The summed E-state index contributed by atoms with van der Waals surface area (Å²) in [4.78, 5) is 23.5. The van der Waals surface area contributed by atoms with Gasteiger partial charge >= 0.3 is 5.97 Å². The molecule has 0 aromatic carbocycles. The first kappa shape index (κ1) is 13.3. The van der Waals surface area contributed by atoms with E-state index in [9.17, 15) is 9.59 Å². The topological polar surface area (TPSA) is 43.4 Å². The third kappa shape index (κ3) is 2.65. The minimum Gasteiger partial charge on any atom is -0.462 e. The Morgan fingerprint density at radius 2 is 2.00 bits per heavy atom. The van der Waals surface area contributed by atoms with E-state index in [2.05, 4.69) is 6.92 Å². The Hall–Kier alpha value is -1.12. The predicted octanol–water partition coefficient (Wildman–Crippen LogP) is 2.89. The number of Topliss-reactive ketones (excluding diaryl/α,β-unsaturated/α-hetero) is 1. The van der Waals surface area contributed by atoms with Crippen LogP contribution < -0.4 is 0 Å². The lowest BCUT2D eigenvalue weighted by atomic mass is 9.82. The molecule has 100 valence electrons. The molecule has 1 saturated heterocycles. The highest BCUT2D eigenvalue weighted by molar-refractivity contribution is 5.94. The van der Waals surface area contributed by atoms with Crippen LogP contribution in [0, 0.1) is 17.8 Å². The summed E-state index contributed by atoms with van der Waals surface area (Å²) in [6, 6.07) is 0. The summed E-state index contributed by atoms with van der Waals surface area (Å²) in [5.41, 5.74) is 0.842. The van der Waals surface area contributed by atoms with E-state index in [1.807, 2.05) is 19.9 Å². The number of carbonyl (C=O) groups is 2. The summed E-state index contributed by atoms with van der Waals surface area (Å²) in [5.74, 6) is 0.805. The van der Waals surface area contributed by atoms with Gasteiger partial charge in [-0.05, 0) is 37.7 Å². The van der Waals surface area contributed by atoms with Crippen molar-refractivity contribution in [3.8, 4) is 0 Å². The van der Waals surface area contributed by atoms with Crippen molar-refractivity contribution < 1.29 is 14.3 Å².